The number of hydrogen-bond donors (Lipinski definition) is 1. The van der Waals surface area contributed by atoms with Crippen LogP contribution in [0.3, 0.4) is 0 Å². The third kappa shape index (κ3) is 3.51. The van der Waals surface area contributed by atoms with Crippen molar-refractivity contribution in [2.24, 2.45) is 0 Å². The maximum absolute atomic E-state index is 5.41. The summed E-state index contributed by atoms with van der Waals surface area (Å²) < 4.78 is 6.42. The van der Waals surface area contributed by atoms with Crippen molar-refractivity contribution in [1.82, 2.24) is 20.4 Å². The number of aromatic nitrogens is 2. The lowest BCUT2D eigenvalue weighted by atomic mass is 10.2. The molecule has 0 spiro atoms. The van der Waals surface area contributed by atoms with E-state index in [0.717, 1.165) is 29.7 Å². The van der Waals surface area contributed by atoms with Gasteiger partial charge in [0.15, 0.2) is 0 Å². The largest absolute Gasteiger partial charge is 0.338 e. The fourth-order valence-corrected chi connectivity index (χ4v) is 3.21. The van der Waals surface area contributed by atoms with Crippen LogP contribution >= 0.6 is 15.9 Å². The number of halogens is 1. The van der Waals surface area contributed by atoms with Crippen LogP contribution in [0.5, 0.6) is 0 Å². The van der Waals surface area contributed by atoms with Crippen molar-refractivity contribution in [3.05, 3.63) is 34.6 Å². The predicted molar refractivity (Wildman–Crippen MR) is 84.8 cm³/mol. The molecule has 3 rings (SSSR count). The number of benzene rings is 1. The molecule has 6 heteroatoms. The molecule has 1 unspecified atom stereocenters. The van der Waals surface area contributed by atoms with Gasteiger partial charge in [-0.1, -0.05) is 33.2 Å². The molecule has 1 aliphatic rings. The van der Waals surface area contributed by atoms with E-state index < -0.39 is 0 Å². The van der Waals surface area contributed by atoms with Gasteiger partial charge in [0.2, 0.25) is 11.7 Å². The summed E-state index contributed by atoms with van der Waals surface area (Å²) in [5, 5.41) is 7.34. The van der Waals surface area contributed by atoms with Gasteiger partial charge in [0.25, 0.3) is 0 Å². The van der Waals surface area contributed by atoms with Crippen LogP contribution in [0.1, 0.15) is 18.7 Å². The number of nitrogens with zero attached hydrogens (tertiary/aromatic N) is 3. The van der Waals surface area contributed by atoms with Crippen LogP contribution in [0.4, 0.5) is 0 Å². The van der Waals surface area contributed by atoms with E-state index in [0.29, 0.717) is 17.8 Å². The average Bonchev–Trinajstić information content (AvgIpc) is 3.10. The quantitative estimate of drug-likeness (QED) is 0.898. The zero-order chi connectivity index (χ0) is 14.7. The minimum absolute atomic E-state index is 0.566. The van der Waals surface area contributed by atoms with Crippen LogP contribution in [0.2, 0.25) is 0 Å². The van der Waals surface area contributed by atoms with E-state index in [9.17, 15) is 0 Å². The molecule has 1 aromatic carbocycles. The van der Waals surface area contributed by atoms with Crippen molar-refractivity contribution in [3.8, 4) is 11.4 Å². The Bertz CT molecular complexity index is 601. The zero-order valence-electron chi connectivity index (χ0n) is 12.1. The Labute approximate surface area is 132 Å². The minimum Gasteiger partial charge on any atom is -0.338 e. The molecule has 5 nitrogen and oxygen atoms in total. The highest BCUT2D eigenvalue weighted by molar-refractivity contribution is 9.10. The first-order valence-corrected chi connectivity index (χ1v) is 8.03. The molecule has 0 saturated carbocycles. The van der Waals surface area contributed by atoms with Crippen LogP contribution in [-0.2, 0) is 6.54 Å². The van der Waals surface area contributed by atoms with E-state index in [4.69, 9.17) is 4.52 Å². The second-order valence-electron chi connectivity index (χ2n) is 5.35. The summed E-state index contributed by atoms with van der Waals surface area (Å²) in [5.74, 6) is 1.34. The number of likely N-dealkylation sites (N-methyl/N-ethyl adjacent to an activating group) is 1. The van der Waals surface area contributed by atoms with Gasteiger partial charge >= 0.3 is 0 Å². The van der Waals surface area contributed by atoms with Gasteiger partial charge in [0, 0.05) is 22.6 Å². The molecule has 1 N–H and O–H groups in total. The first-order chi connectivity index (χ1) is 10.3. The molecule has 0 radical (unpaired) electrons. The molecule has 1 fully saturated rings. The van der Waals surface area contributed by atoms with Crippen LogP contribution in [0.15, 0.2) is 33.3 Å². The molecular formula is C15H19BrN4O. The molecule has 0 bridgehead atoms. The van der Waals surface area contributed by atoms with Gasteiger partial charge in [-0.05, 0) is 38.6 Å². The highest BCUT2D eigenvalue weighted by Gasteiger charge is 2.25. The highest BCUT2D eigenvalue weighted by Crippen LogP contribution is 2.22. The number of rotatable bonds is 5. The van der Waals surface area contributed by atoms with E-state index in [2.05, 4.69) is 36.3 Å². The number of nitrogens with one attached hydrogen (secondary N) is 1. The Morgan fingerprint density at radius 2 is 2.38 bits per heavy atom. The van der Waals surface area contributed by atoms with Gasteiger partial charge in [-0.15, -0.1) is 0 Å². The third-order valence-corrected chi connectivity index (χ3v) is 4.32. The van der Waals surface area contributed by atoms with Crippen molar-refractivity contribution in [1.29, 1.82) is 0 Å². The molecule has 0 aliphatic carbocycles. The molecule has 2 aromatic rings. The summed E-state index contributed by atoms with van der Waals surface area (Å²) in [5.41, 5.74) is 0.965. The Morgan fingerprint density at radius 3 is 3.19 bits per heavy atom. The minimum atomic E-state index is 0.566. The normalized spacial score (nSPS) is 19.2. The van der Waals surface area contributed by atoms with Gasteiger partial charge < -0.3 is 9.84 Å². The second kappa shape index (κ2) is 6.68. The lowest BCUT2D eigenvalue weighted by Gasteiger charge is -2.22. The van der Waals surface area contributed by atoms with E-state index in [1.54, 1.807) is 0 Å². The molecule has 112 valence electrons. The van der Waals surface area contributed by atoms with Gasteiger partial charge in [-0.2, -0.15) is 4.98 Å². The fraction of sp³-hybridized carbons (Fsp3) is 0.467. The molecule has 2 heterocycles. The topological polar surface area (TPSA) is 54.2 Å². The molecule has 1 atom stereocenters. The standard InChI is InChI=1S/C15H19BrN4O/c1-17-9-13-6-3-7-20(13)10-14-18-15(19-21-14)11-4-2-5-12(16)8-11/h2,4-5,8,13,17H,3,6-7,9-10H2,1H3. The van der Waals surface area contributed by atoms with E-state index >= 15 is 0 Å². The van der Waals surface area contributed by atoms with Crippen LogP contribution in [0.25, 0.3) is 11.4 Å². The number of likely N-dealkylation sites (tertiary alicyclic amines) is 1. The molecule has 21 heavy (non-hydrogen) atoms. The zero-order valence-corrected chi connectivity index (χ0v) is 13.6. The van der Waals surface area contributed by atoms with Crippen LogP contribution in [0, 0.1) is 0 Å². The monoisotopic (exact) mass is 350 g/mol. The van der Waals surface area contributed by atoms with Crippen LogP contribution < -0.4 is 5.32 Å². The lowest BCUT2D eigenvalue weighted by molar-refractivity contribution is 0.209. The van der Waals surface area contributed by atoms with Crippen molar-refractivity contribution in [2.75, 3.05) is 20.1 Å². The maximum Gasteiger partial charge on any atom is 0.241 e. The summed E-state index contributed by atoms with van der Waals surface area (Å²) in [6.07, 6.45) is 2.46. The summed E-state index contributed by atoms with van der Waals surface area (Å²) in [7, 11) is 1.99. The number of hydrogen-bond acceptors (Lipinski definition) is 5. The Kier molecular flexibility index (Phi) is 4.67. The van der Waals surface area contributed by atoms with Crippen LogP contribution in [-0.4, -0.2) is 41.2 Å². The maximum atomic E-state index is 5.41. The van der Waals surface area contributed by atoms with Gasteiger partial charge in [0.1, 0.15) is 0 Å². The molecule has 1 saturated heterocycles. The van der Waals surface area contributed by atoms with Crippen molar-refractivity contribution in [3.63, 3.8) is 0 Å². The smallest absolute Gasteiger partial charge is 0.241 e. The molecule has 1 aromatic heterocycles. The first kappa shape index (κ1) is 14.7. The second-order valence-corrected chi connectivity index (χ2v) is 6.26. The predicted octanol–water partition coefficient (Wildman–Crippen LogP) is 2.68. The van der Waals surface area contributed by atoms with E-state index in [-0.39, 0.29) is 0 Å². The van der Waals surface area contributed by atoms with Gasteiger partial charge in [-0.25, -0.2) is 0 Å². The highest BCUT2D eigenvalue weighted by atomic mass is 79.9. The molecule has 1 aliphatic heterocycles. The molecule has 0 amide bonds. The summed E-state index contributed by atoms with van der Waals surface area (Å²) >= 11 is 3.46. The molecular weight excluding hydrogens is 332 g/mol. The SMILES string of the molecule is CNCC1CCCN1Cc1nc(-c2cccc(Br)c2)no1. The summed E-state index contributed by atoms with van der Waals surface area (Å²) in [6.45, 7) is 2.83. The lowest BCUT2D eigenvalue weighted by Crippen LogP contribution is -2.36. The van der Waals surface area contributed by atoms with Crippen molar-refractivity contribution in [2.45, 2.75) is 25.4 Å². The fourth-order valence-electron chi connectivity index (χ4n) is 2.81. The third-order valence-electron chi connectivity index (χ3n) is 3.83. The first-order valence-electron chi connectivity index (χ1n) is 7.23. The van der Waals surface area contributed by atoms with E-state index in [1.807, 2.05) is 31.3 Å². The average molecular weight is 351 g/mol. The van der Waals surface area contributed by atoms with Gasteiger partial charge in [0.05, 0.1) is 6.54 Å². The Balaban J connectivity index is 1.70. The van der Waals surface area contributed by atoms with Gasteiger partial charge in [-0.3, -0.25) is 4.90 Å². The Morgan fingerprint density at radius 1 is 1.48 bits per heavy atom. The Hall–Kier alpha value is -1.24. The summed E-state index contributed by atoms with van der Waals surface area (Å²) in [4.78, 5) is 6.93. The van der Waals surface area contributed by atoms with Crippen molar-refractivity contribution < 1.29 is 4.52 Å². The van der Waals surface area contributed by atoms with E-state index in [1.165, 1.54) is 12.8 Å². The van der Waals surface area contributed by atoms with Crippen molar-refractivity contribution >= 4 is 15.9 Å². The summed E-state index contributed by atoms with van der Waals surface area (Å²) in [6, 6.07) is 8.50.